The number of hydrogen-bond acceptors (Lipinski definition) is 7. The maximum absolute atomic E-state index is 5.60. The van der Waals surface area contributed by atoms with E-state index in [-0.39, 0.29) is 12.0 Å². The summed E-state index contributed by atoms with van der Waals surface area (Å²) in [5, 5.41) is 7.68. The van der Waals surface area contributed by atoms with Crippen LogP contribution in [0.5, 0.6) is 0 Å². The number of nitrogens with one attached hydrogen (secondary N) is 1. The molecule has 0 radical (unpaired) electrons. The van der Waals surface area contributed by atoms with Crippen molar-refractivity contribution in [3.05, 3.63) is 29.8 Å². The lowest BCUT2D eigenvalue weighted by atomic mass is 9.91. The van der Waals surface area contributed by atoms with Crippen LogP contribution in [0.2, 0.25) is 0 Å². The van der Waals surface area contributed by atoms with Crippen molar-refractivity contribution in [2.75, 3.05) is 18.5 Å². The largest absolute Gasteiger partial charge is 0.381 e. The molecule has 25 heavy (non-hydrogen) atoms. The minimum absolute atomic E-state index is 0.0501. The van der Waals surface area contributed by atoms with Gasteiger partial charge in [0.2, 0.25) is 5.89 Å². The van der Waals surface area contributed by atoms with E-state index in [9.17, 15) is 0 Å². The highest BCUT2D eigenvalue weighted by Gasteiger charge is 2.31. The van der Waals surface area contributed by atoms with Gasteiger partial charge in [0.15, 0.2) is 5.82 Å². The summed E-state index contributed by atoms with van der Waals surface area (Å²) in [7, 11) is 0. The van der Waals surface area contributed by atoms with E-state index in [0.29, 0.717) is 17.7 Å². The van der Waals surface area contributed by atoms with Crippen molar-refractivity contribution >= 4 is 5.82 Å². The van der Waals surface area contributed by atoms with Crippen LogP contribution in [0.1, 0.15) is 74.9 Å². The molecule has 0 unspecified atom stereocenters. The van der Waals surface area contributed by atoms with E-state index in [1.165, 1.54) is 12.8 Å². The van der Waals surface area contributed by atoms with Gasteiger partial charge in [-0.05, 0) is 37.7 Å². The third-order valence-corrected chi connectivity index (χ3v) is 4.90. The summed E-state index contributed by atoms with van der Waals surface area (Å²) in [6.07, 6.45) is 6.15. The number of aromatic nitrogens is 4. The lowest BCUT2D eigenvalue weighted by molar-refractivity contribution is 0.0570. The van der Waals surface area contributed by atoms with Crippen molar-refractivity contribution in [1.82, 2.24) is 20.1 Å². The highest BCUT2D eigenvalue weighted by Crippen LogP contribution is 2.38. The minimum atomic E-state index is -0.0501. The van der Waals surface area contributed by atoms with Gasteiger partial charge in [0.25, 0.3) is 0 Å². The highest BCUT2D eigenvalue weighted by molar-refractivity contribution is 5.36. The summed E-state index contributed by atoms with van der Waals surface area (Å²) in [5.41, 5.74) is 0. The summed E-state index contributed by atoms with van der Waals surface area (Å²) in [6.45, 7) is 5.67. The second-order valence-electron chi connectivity index (χ2n) is 7.29. The van der Waals surface area contributed by atoms with Gasteiger partial charge in [0.05, 0.1) is 0 Å². The number of rotatable bonds is 6. The molecule has 0 aromatic carbocycles. The molecular weight excluding hydrogens is 318 g/mol. The zero-order valence-corrected chi connectivity index (χ0v) is 14.8. The second-order valence-corrected chi connectivity index (χ2v) is 7.29. The zero-order chi connectivity index (χ0) is 17.2. The molecule has 1 aliphatic heterocycles. The number of nitrogens with zero attached hydrogens (tertiary/aromatic N) is 4. The van der Waals surface area contributed by atoms with Crippen molar-refractivity contribution < 1.29 is 9.26 Å². The van der Waals surface area contributed by atoms with E-state index in [1.807, 2.05) is 12.3 Å². The van der Waals surface area contributed by atoms with Crippen molar-refractivity contribution in [3.8, 4) is 0 Å². The maximum Gasteiger partial charge on any atom is 0.249 e. The summed E-state index contributed by atoms with van der Waals surface area (Å²) >= 11 is 0. The SMILES string of the molecule is CC(C)c1noc([C@@H](Nc2ccnc(C3CC3)n2)C2CCOCC2)n1. The third-order valence-electron chi connectivity index (χ3n) is 4.90. The fourth-order valence-corrected chi connectivity index (χ4v) is 3.19. The third kappa shape index (κ3) is 3.81. The first-order valence-corrected chi connectivity index (χ1v) is 9.21. The van der Waals surface area contributed by atoms with Gasteiger partial charge in [-0.15, -0.1) is 0 Å². The molecule has 1 saturated heterocycles. The molecule has 2 aromatic heterocycles. The molecule has 4 rings (SSSR count). The Bertz CT molecular complexity index is 707. The van der Waals surface area contributed by atoms with Gasteiger partial charge in [-0.3, -0.25) is 0 Å². The van der Waals surface area contributed by atoms with Crippen molar-refractivity contribution in [3.63, 3.8) is 0 Å². The zero-order valence-electron chi connectivity index (χ0n) is 14.8. The predicted molar refractivity (Wildman–Crippen MR) is 92.3 cm³/mol. The first-order valence-electron chi connectivity index (χ1n) is 9.21. The molecule has 134 valence electrons. The quantitative estimate of drug-likeness (QED) is 0.859. The van der Waals surface area contributed by atoms with Gasteiger partial charge in [0.1, 0.15) is 17.7 Å². The molecule has 1 saturated carbocycles. The van der Waals surface area contributed by atoms with Crippen LogP contribution < -0.4 is 5.32 Å². The molecule has 1 aliphatic carbocycles. The lowest BCUT2D eigenvalue weighted by Gasteiger charge is -2.29. The molecule has 0 bridgehead atoms. The fourth-order valence-electron chi connectivity index (χ4n) is 3.19. The molecule has 1 atom stereocenters. The van der Waals surface area contributed by atoms with Crippen molar-refractivity contribution in [1.29, 1.82) is 0 Å². The molecule has 3 heterocycles. The smallest absolute Gasteiger partial charge is 0.249 e. The Morgan fingerprint density at radius 2 is 1.92 bits per heavy atom. The molecule has 0 spiro atoms. The molecular formula is C18H25N5O2. The number of ether oxygens (including phenoxy) is 1. The van der Waals surface area contributed by atoms with Crippen LogP contribution in [0.4, 0.5) is 5.82 Å². The fraction of sp³-hybridized carbons (Fsp3) is 0.667. The van der Waals surface area contributed by atoms with E-state index in [0.717, 1.165) is 43.5 Å². The van der Waals surface area contributed by atoms with Gasteiger partial charge in [-0.25, -0.2) is 9.97 Å². The molecule has 0 amide bonds. The summed E-state index contributed by atoms with van der Waals surface area (Å²) in [6, 6.07) is 1.86. The van der Waals surface area contributed by atoms with Gasteiger partial charge in [-0.2, -0.15) is 4.98 Å². The van der Waals surface area contributed by atoms with Crippen LogP contribution in [0, 0.1) is 5.92 Å². The first-order chi connectivity index (χ1) is 12.2. The van der Waals surface area contributed by atoms with E-state index < -0.39 is 0 Å². The van der Waals surface area contributed by atoms with Crippen LogP contribution in [0.3, 0.4) is 0 Å². The maximum atomic E-state index is 5.60. The molecule has 1 N–H and O–H groups in total. The standard InChI is InChI=1S/C18H25N5O2/c1-11(2)16-22-18(25-23-16)15(12-6-9-24-10-7-12)20-14-5-8-19-17(21-14)13-3-4-13/h5,8,11-13,15H,3-4,6-7,9-10H2,1-2H3,(H,19,20,21)/t15-/m0/s1. The molecule has 2 aliphatic rings. The van der Waals surface area contributed by atoms with Gasteiger partial charge < -0.3 is 14.6 Å². The Hall–Kier alpha value is -2.02. The summed E-state index contributed by atoms with van der Waals surface area (Å²) < 4.78 is 11.1. The van der Waals surface area contributed by atoms with E-state index in [1.54, 1.807) is 0 Å². The van der Waals surface area contributed by atoms with Crippen LogP contribution >= 0.6 is 0 Å². The highest BCUT2D eigenvalue weighted by atomic mass is 16.5. The number of anilines is 1. The van der Waals surface area contributed by atoms with Crippen molar-refractivity contribution in [2.24, 2.45) is 5.92 Å². The Balaban J connectivity index is 1.58. The van der Waals surface area contributed by atoms with E-state index in [4.69, 9.17) is 14.2 Å². The summed E-state index contributed by atoms with van der Waals surface area (Å²) in [4.78, 5) is 13.7. The average Bonchev–Trinajstić information content (AvgIpc) is 3.37. The molecule has 2 fully saturated rings. The second kappa shape index (κ2) is 7.07. The molecule has 7 heteroatoms. The Morgan fingerprint density at radius 1 is 1.12 bits per heavy atom. The summed E-state index contributed by atoms with van der Waals surface area (Å²) in [5.74, 6) is 4.31. The molecule has 7 nitrogen and oxygen atoms in total. The average molecular weight is 343 g/mol. The topological polar surface area (TPSA) is 86.0 Å². The lowest BCUT2D eigenvalue weighted by Crippen LogP contribution is -2.27. The van der Waals surface area contributed by atoms with Gasteiger partial charge in [0, 0.05) is 31.2 Å². The first kappa shape index (κ1) is 16.4. The Morgan fingerprint density at radius 3 is 2.60 bits per heavy atom. The van der Waals surface area contributed by atoms with E-state index >= 15 is 0 Å². The van der Waals surface area contributed by atoms with Crippen LogP contribution in [-0.2, 0) is 4.74 Å². The predicted octanol–water partition coefficient (Wildman–Crippen LogP) is 3.44. The van der Waals surface area contributed by atoms with Crippen LogP contribution in [-0.4, -0.2) is 33.3 Å². The van der Waals surface area contributed by atoms with Crippen LogP contribution in [0.25, 0.3) is 0 Å². The van der Waals surface area contributed by atoms with Gasteiger partial charge >= 0.3 is 0 Å². The number of hydrogen-bond donors (Lipinski definition) is 1. The van der Waals surface area contributed by atoms with E-state index in [2.05, 4.69) is 34.3 Å². The van der Waals surface area contributed by atoms with Crippen LogP contribution in [0.15, 0.2) is 16.8 Å². The normalized spacial score (nSPS) is 20.0. The Labute approximate surface area is 147 Å². The Kier molecular flexibility index (Phi) is 4.65. The monoisotopic (exact) mass is 343 g/mol. The van der Waals surface area contributed by atoms with Gasteiger partial charge in [-0.1, -0.05) is 19.0 Å². The van der Waals surface area contributed by atoms with Crippen molar-refractivity contribution in [2.45, 2.75) is 57.4 Å². The molecule has 2 aromatic rings. The minimum Gasteiger partial charge on any atom is -0.381 e.